The second kappa shape index (κ2) is 84.3. The van der Waals surface area contributed by atoms with Crippen molar-refractivity contribution in [2.75, 3.05) is 98.2 Å². The fourth-order valence-corrected chi connectivity index (χ4v) is 7.68. The number of carboxylic acid groups (broad SMARTS) is 7. The van der Waals surface area contributed by atoms with Gasteiger partial charge in [0.05, 0.1) is 32.4 Å². The largest absolute Gasteiger partial charge is 0.481 e. The normalized spacial score (nSPS) is 11.2. The van der Waals surface area contributed by atoms with E-state index in [0.717, 1.165) is 62.4 Å². The highest BCUT2D eigenvalue weighted by molar-refractivity contribution is 5.97. The number of hydrogen-bond donors (Lipinski definition) is 10. The fourth-order valence-electron chi connectivity index (χ4n) is 7.68. The average molecular weight is 1650 g/mol. The van der Waals surface area contributed by atoms with Gasteiger partial charge in [-0.25, -0.2) is 0 Å². The Morgan fingerprint density at radius 1 is 0.330 bits per heavy atom. The van der Waals surface area contributed by atoms with Crippen LogP contribution < -0.4 is 16.8 Å². The molecule has 0 fully saturated rings. The maximum absolute atomic E-state index is 11.5. The van der Waals surface area contributed by atoms with Crippen LogP contribution in [0.5, 0.6) is 0 Å². The van der Waals surface area contributed by atoms with Gasteiger partial charge in [0.25, 0.3) is 0 Å². The summed E-state index contributed by atoms with van der Waals surface area (Å²) in [6.07, 6.45) is 8.05. The molecule has 0 aliphatic heterocycles. The molecular formula is C75H128N8O32. The van der Waals surface area contributed by atoms with Crippen LogP contribution in [0.2, 0.25) is 0 Å². The zero-order valence-electron chi connectivity index (χ0n) is 69.2. The Balaban J connectivity index is -0.000000135. The molecule has 660 valence electrons. The number of nitrogens with one attached hydrogen (secondary N) is 1. The van der Waals surface area contributed by atoms with E-state index in [1.165, 1.54) is 51.3 Å². The monoisotopic (exact) mass is 1650 g/mol. The average Bonchev–Trinajstić information content (AvgIpc) is 0.924. The van der Waals surface area contributed by atoms with Gasteiger partial charge in [-0.15, -0.1) is 0 Å². The Bertz CT molecular complexity index is 2820. The SMILES string of the molecule is CC(=O)CC(C)C=O.CC(=O)CC(C)C=O.CC(=O)CC(C)C=O.CC(=O)CCC(=O)N(CC(=O)O)CC(=O)O.CC(=O)CCC(=O)O.CC(C=O)CC(=O)CCCN(CCN)CCN.CC(C=O)CC(=O)O.CCN(CC(=O)O)C(=O)CC(C)=O.CCN(CC(=O)O)C(=O)CC(C)C=O.CCN(CC(=O)O)CC(=O)NCCC=O. The van der Waals surface area contributed by atoms with Crippen molar-refractivity contribution >= 4 is 150 Å². The summed E-state index contributed by atoms with van der Waals surface area (Å²) in [7, 11) is 0. The summed E-state index contributed by atoms with van der Waals surface area (Å²) >= 11 is 0. The number of Topliss-reactive ketones (excluding diaryl/α,β-unsaturated/α-hetero) is 7. The Morgan fingerprint density at radius 3 is 0.939 bits per heavy atom. The molecule has 0 aromatic carbocycles. The van der Waals surface area contributed by atoms with Gasteiger partial charge in [-0.3, -0.25) is 67.2 Å². The van der Waals surface area contributed by atoms with Crippen molar-refractivity contribution in [2.24, 2.45) is 47.0 Å². The Morgan fingerprint density at radius 2 is 0.670 bits per heavy atom. The van der Waals surface area contributed by atoms with Gasteiger partial charge >= 0.3 is 41.8 Å². The van der Waals surface area contributed by atoms with E-state index in [0.29, 0.717) is 88.8 Å². The summed E-state index contributed by atoms with van der Waals surface area (Å²) in [5.74, 6) is -10.5. The summed E-state index contributed by atoms with van der Waals surface area (Å²) in [6.45, 7) is 26.7. The lowest BCUT2D eigenvalue weighted by molar-refractivity contribution is -0.149. The molecule has 0 saturated carbocycles. The first-order valence-corrected chi connectivity index (χ1v) is 36.4. The lowest BCUT2D eigenvalue weighted by Gasteiger charge is -2.20. The van der Waals surface area contributed by atoms with Crippen LogP contribution in [0.4, 0.5) is 0 Å². The molecule has 0 saturated heterocycles. The molecule has 0 radical (unpaired) electrons. The van der Waals surface area contributed by atoms with Crippen molar-refractivity contribution in [3.8, 4) is 0 Å². The van der Waals surface area contributed by atoms with Gasteiger partial charge in [-0.05, 0) is 74.9 Å². The fraction of sp³-hybridized carbons (Fsp3) is 0.667. The van der Waals surface area contributed by atoms with Crippen molar-refractivity contribution in [1.82, 2.24) is 29.8 Å². The number of rotatable bonds is 52. The summed E-state index contributed by atoms with van der Waals surface area (Å²) < 4.78 is 0. The molecule has 0 aromatic heterocycles. The number of ketones is 7. The third-order valence-electron chi connectivity index (χ3n) is 13.3. The lowest BCUT2D eigenvalue weighted by Crippen LogP contribution is -2.40. The number of carbonyl (C=O) groups excluding carboxylic acids is 18. The molecule has 6 unspecified atom stereocenters. The number of hydrogen-bond acceptors (Lipinski definition) is 29. The van der Waals surface area contributed by atoms with Crippen molar-refractivity contribution < 1.29 is 156 Å². The van der Waals surface area contributed by atoms with Crippen LogP contribution in [0.1, 0.15) is 194 Å². The maximum Gasteiger partial charge on any atom is 0.323 e. The van der Waals surface area contributed by atoms with E-state index in [1.54, 1.807) is 62.3 Å². The van der Waals surface area contributed by atoms with Crippen molar-refractivity contribution in [3.05, 3.63) is 0 Å². The third kappa shape index (κ3) is 110. The minimum absolute atomic E-state index is 0.0193. The van der Waals surface area contributed by atoms with Gasteiger partial charge in [0.2, 0.25) is 23.6 Å². The van der Waals surface area contributed by atoms with Crippen LogP contribution in [0.3, 0.4) is 0 Å². The first-order valence-electron chi connectivity index (χ1n) is 36.4. The molecule has 0 spiro atoms. The van der Waals surface area contributed by atoms with E-state index in [9.17, 15) is 120 Å². The molecular weight excluding hydrogens is 1520 g/mol. The van der Waals surface area contributed by atoms with Crippen LogP contribution in [-0.2, 0) is 120 Å². The van der Waals surface area contributed by atoms with E-state index < -0.39 is 66.7 Å². The van der Waals surface area contributed by atoms with Crippen LogP contribution >= 0.6 is 0 Å². The van der Waals surface area contributed by atoms with Crippen LogP contribution in [0.25, 0.3) is 0 Å². The minimum atomic E-state index is -1.29. The summed E-state index contributed by atoms with van der Waals surface area (Å²) in [6, 6.07) is 0. The molecule has 4 amide bonds. The molecule has 0 aliphatic carbocycles. The highest BCUT2D eigenvalue weighted by Crippen LogP contribution is 2.07. The molecule has 0 heterocycles. The third-order valence-corrected chi connectivity index (χ3v) is 13.3. The molecule has 0 bridgehead atoms. The number of aldehydes is 7. The van der Waals surface area contributed by atoms with E-state index in [1.807, 2.05) is 0 Å². The van der Waals surface area contributed by atoms with E-state index in [2.05, 4.69) is 10.2 Å². The van der Waals surface area contributed by atoms with E-state index >= 15 is 0 Å². The lowest BCUT2D eigenvalue weighted by atomic mass is 10.0. The highest BCUT2D eigenvalue weighted by Gasteiger charge is 2.21. The molecule has 40 nitrogen and oxygen atoms in total. The van der Waals surface area contributed by atoms with Gasteiger partial charge in [0, 0.05) is 146 Å². The van der Waals surface area contributed by atoms with Gasteiger partial charge in [-0.2, -0.15) is 0 Å². The van der Waals surface area contributed by atoms with Crippen LogP contribution in [-0.4, -0.2) is 308 Å². The molecule has 0 aromatic rings. The number of likely N-dealkylation sites (N-methyl/N-ethyl adjacent to an activating group) is 3. The van der Waals surface area contributed by atoms with Crippen LogP contribution in [0, 0.1) is 35.5 Å². The number of carbonyl (C=O) groups is 25. The molecule has 40 heteroatoms. The topological polar surface area (TPSA) is 649 Å². The van der Waals surface area contributed by atoms with Gasteiger partial charge in [-0.1, -0.05) is 48.5 Å². The van der Waals surface area contributed by atoms with E-state index in [-0.39, 0.29) is 165 Å². The predicted molar refractivity (Wildman–Crippen MR) is 415 cm³/mol. The first-order chi connectivity index (χ1) is 53.3. The van der Waals surface area contributed by atoms with Gasteiger partial charge in [0.15, 0.2) is 0 Å². The summed E-state index contributed by atoms with van der Waals surface area (Å²) in [5, 5.41) is 61.0. The quantitative estimate of drug-likeness (QED) is 0.0234. The standard InChI is InChI=1S/C12H25N3O2.C9H16N2O4.C9H13NO6.C9H15NO4.C8H13NO4.3C6H10O2.2C5H8O3/c1-11(10-16)9-12(17)3-2-6-15(7-4-13)8-5-14;1-2-11(7-9(14)15)6-8(13)10-4-3-5-12;1-6(11)2-3-7(12)10(4-8(13)14)5-9(15)16;1-3-10(5-9(13)14)8(12)4-7(2)6-11;1-3-9(5-8(12)13)7(11)4-6(2)10;3*1-5(4-7)3-6(2)8;1-4(3-6)2-5(7)8;1-4(6)2-3-5(7)8/h10-11H,2-9,13-14H2,1H3;5H,2-4,6-7H2,1H3,(H,10,13)(H,14,15);2-5H2,1H3,(H,13,14)(H,15,16);6-7H,3-5H2,1-2H3,(H,13,14);3-5H2,1-2H3,(H,12,13);3*4-5H,3H2,1-2H3;3-4H,2H2,1H3,(H,7,8);2-3H2,1H3,(H,7,8). The predicted octanol–water partition coefficient (Wildman–Crippen LogP) is 1.41. The zero-order chi connectivity index (χ0) is 91.9. The number of nitrogens with two attached hydrogens (primary N) is 2. The minimum Gasteiger partial charge on any atom is -0.481 e. The summed E-state index contributed by atoms with van der Waals surface area (Å²) in [4.78, 5) is 267. The molecule has 6 atom stereocenters. The van der Waals surface area contributed by atoms with Gasteiger partial charge < -0.3 is 130 Å². The Labute approximate surface area is 671 Å². The molecule has 12 N–H and O–H groups in total. The van der Waals surface area contributed by atoms with E-state index in [4.69, 9.17) is 47.2 Å². The first kappa shape index (κ1) is 125. The van der Waals surface area contributed by atoms with Crippen molar-refractivity contribution in [3.63, 3.8) is 0 Å². The molecule has 115 heavy (non-hydrogen) atoms. The molecule has 0 aliphatic rings. The number of nitrogens with zero attached hydrogens (tertiary/aromatic N) is 5. The smallest absolute Gasteiger partial charge is 0.323 e. The highest BCUT2D eigenvalue weighted by atomic mass is 16.4. The summed E-state index contributed by atoms with van der Waals surface area (Å²) in [5.41, 5.74) is 11.0. The van der Waals surface area contributed by atoms with Crippen molar-refractivity contribution in [1.29, 1.82) is 0 Å². The molecule has 0 rings (SSSR count). The Kier molecular flexibility index (Phi) is 91.8. The number of carboxylic acids is 7. The van der Waals surface area contributed by atoms with Crippen molar-refractivity contribution in [2.45, 2.75) is 194 Å². The second-order valence-corrected chi connectivity index (χ2v) is 25.8. The number of aliphatic carboxylic acids is 7. The van der Waals surface area contributed by atoms with Gasteiger partial charge in [0.1, 0.15) is 111 Å². The second-order valence-electron chi connectivity index (χ2n) is 25.8. The number of amides is 4. The zero-order valence-corrected chi connectivity index (χ0v) is 69.2. The maximum atomic E-state index is 11.5. The Hall–Kier alpha value is -10.6. The van der Waals surface area contributed by atoms with Crippen LogP contribution in [0.15, 0.2) is 0 Å².